The minimum atomic E-state index is -0.324. The molecule has 0 spiro atoms. The number of rotatable bonds is 3. The number of thioether (sulfide) groups is 1. The number of hydrogen-bond donors (Lipinski definition) is 0. The van der Waals surface area contributed by atoms with Crippen LogP contribution in [0.1, 0.15) is 31.9 Å². The Hall–Kier alpha value is -1.56. The average Bonchev–Trinajstić information content (AvgIpc) is 3.03. The van der Waals surface area contributed by atoms with Crippen molar-refractivity contribution < 1.29 is 9.59 Å². The lowest BCUT2D eigenvalue weighted by molar-refractivity contribution is -0.137. The van der Waals surface area contributed by atoms with Crippen LogP contribution in [0, 0.1) is 0 Å². The molecule has 2 aliphatic heterocycles. The van der Waals surface area contributed by atoms with E-state index in [-0.39, 0.29) is 17.9 Å². The van der Waals surface area contributed by atoms with Gasteiger partial charge in [-0.15, -0.1) is 11.8 Å². The summed E-state index contributed by atoms with van der Waals surface area (Å²) < 4.78 is 0. The van der Waals surface area contributed by atoms with Crippen molar-refractivity contribution in [2.75, 3.05) is 23.1 Å². The summed E-state index contributed by atoms with van der Waals surface area (Å²) in [7, 11) is 0. The van der Waals surface area contributed by atoms with E-state index in [0.29, 0.717) is 24.6 Å². The first-order valence-corrected chi connectivity index (χ1v) is 9.00. The van der Waals surface area contributed by atoms with Crippen LogP contribution in [0.3, 0.4) is 0 Å². The first-order valence-electron chi connectivity index (χ1n) is 7.85. The molecular weight excluding hydrogens is 298 g/mol. The van der Waals surface area contributed by atoms with E-state index in [4.69, 9.17) is 0 Å². The normalized spacial score (nSPS) is 20.9. The van der Waals surface area contributed by atoms with Gasteiger partial charge < -0.3 is 9.80 Å². The summed E-state index contributed by atoms with van der Waals surface area (Å²) in [6, 6.07) is 3.50. The van der Waals surface area contributed by atoms with E-state index >= 15 is 0 Å². The molecule has 1 aromatic heterocycles. The lowest BCUT2D eigenvalue weighted by Crippen LogP contribution is -2.50. The average molecular weight is 319 g/mol. The van der Waals surface area contributed by atoms with Crippen molar-refractivity contribution >= 4 is 29.3 Å². The molecule has 1 fully saturated rings. The van der Waals surface area contributed by atoms with E-state index in [1.807, 2.05) is 24.0 Å². The predicted octanol–water partition coefficient (Wildman–Crippen LogP) is 2.06. The molecule has 0 radical (unpaired) electrons. The van der Waals surface area contributed by atoms with Crippen LogP contribution in [-0.4, -0.2) is 45.9 Å². The largest absolute Gasteiger partial charge is 0.321 e. The summed E-state index contributed by atoms with van der Waals surface area (Å²) in [5, 5.41) is 0. The van der Waals surface area contributed by atoms with E-state index in [2.05, 4.69) is 4.98 Å². The Balaban J connectivity index is 1.81. The Morgan fingerprint density at radius 1 is 1.45 bits per heavy atom. The lowest BCUT2D eigenvalue weighted by Gasteiger charge is -2.33. The fourth-order valence-corrected chi connectivity index (χ4v) is 4.22. The van der Waals surface area contributed by atoms with Gasteiger partial charge in [-0.05, 0) is 31.4 Å². The van der Waals surface area contributed by atoms with Crippen LogP contribution >= 0.6 is 11.8 Å². The molecule has 0 aromatic carbocycles. The highest BCUT2D eigenvalue weighted by atomic mass is 32.2. The molecule has 2 aliphatic rings. The molecule has 1 aromatic rings. The fourth-order valence-electron chi connectivity index (χ4n) is 3.05. The molecule has 0 N–H and O–H groups in total. The Labute approximate surface area is 135 Å². The van der Waals surface area contributed by atoms with Gasteiger partial charge in [0.05, 0.1) is 17.3 Å². The van der Waals surface area contributed by atoms with Crippen LogP contribution in [0.4, 0.5) is 5.69 Å². The molecule has 0 bridgehead atoms. The lowest BCUT2D eigenvalue weighted by atomic mass is 10.1. The van der Waals surface area contributed by atoms with Gasteiger partial charge in [-0.2, -0.15) is 0 Å². The number of carbonyl (C=O) groups is 2. The van der Waals surface area contributed by atoms with E-state index < -0.39 is 0 Å². The van der Waals surface area contributed by atoms with Gasteiger partial charge in [-0.25, -0.2) is 0 Å². The minimum absolute atomic E-state index is 0.0448. The maximum Gasteiger partial charge on any atom is 0.250 e. The number of aromatic nitrogens is 1. The Kier molecular flexibility index (Phi) is 4.66. The predicted molar refractivity (Wildman–Crippen MR) is 87.8 cm³/mol. The van der Waals surface area contributed by atoms with Gasteiger partial charge in [0.1, 0.15) is 6.04 Å². The highest BCUT2D eigenvalue weighted by Crippen LogP contribution is 2.29. The highest BCUT2D eigenvalue weighted by Gasteiger charge is 2.38. The molecule has 3 heterocycles. The van der Waals surface area contributed by atoms with Crippen molar-refractivity contribution in [3.8, 4) is 0 Å². The first-order chi connectivity index (χ1) is 10.7. The summed E-state index contributed by atoms with van der Waals surface area (Å²) >= 11 is 1.66. The number of nitrogens with zero attached hydrogens (tertiary/aromatic N) is 3. The van der Waals surface area contributed by atoms with E-state index in [9.17, 15) is 9.59 Å². The third kappa shape index (κ3) is 2.84. The summed E-state index contributed by atoms with van der Waals surface area (Å²) in [5.74, 6) is 1.46. The summed E-state index contributed by atoms with van der Waals surface area (Å²) in [4.78, 5) is 33.2. The van der Waals surface area contributed by atoms with Crippen LogP contribution in [0.15, 0.2) is 18.3 Å². The molecule has 1 unspecified atom stereocenters. The number of aryl methyl sites for hydroxylation is 1. The monoisotopic (exact) mass is 319 g/mol. The number of hydrogen-bond acceptors (Lipinski definition) is 4. The number of carbonyl (C=O) groups excluding carboxylic acids is 2. The van der Waals surface area contributed by atoms with Crippen LogP contribution < -0.4 is 4.90 Å². The molecule has 0 saturated carbocycles. The summed E-state index contributed by atoms with van der Waals surface area (Å²) in [6.45, 7) is 2.71. The molecule has 1 saturated heterocycles. The van der Waals surface area contributed by atoms with Crippen molar-refractivity contribution in [1.82, 2.24) is 9.88 Å². The molecule has 0 aliphatic carbocycles. The Morgan fingerprint density at radius 2 is 2.32 bits per heavy atom. The molecule has 3 rings (SSSR count). The highest BCUT2D eigenvalue weighted by molar-refractivity contribution is 7.99. The van der Waals surface area contributed by atoms with E-state index in [1.165, 1.54) is 0 Å². The zero-order valence-corrected chi connectivity index (χ0v) is 13.6. The first kappa shape index (κ1) is 15.3. The smallest absolute Gasteiger partial charge is 0.250 e. The third-order valence-electron chi connectivity index (χ3n) is 4.17. The van der Waals surface area contributed by atoms with Crippen LogP contribution in [-0.2, 0) is 16.0 Å². The summed E-state index contributed by atoms with van der Waals surface area (Å²) in [5.41, 5.74) is 1.90. The summed E-state index contributed by atoms with van der Waals surface area (Å²) in [6.07, 6.45) is 4.95. The number of amides is 2. The molecule has 118 valence electrons. The quantitative estimate of drug-likeness (QED) is 0.856. The second kappa shape index (κ2) is 6.69. The minimum Gasteiger partial charge on any atom is -0.321 e. The van der Waals surface area contributed by atoms with Crippen molar-refractivity contribution in [3.63, 3.8) is 0 Å². The maximum absolute atomic E-state index is 13.0. The van der Waals surface area contributed by atoms with E-state index in [1.54, 1.807) is 22.9 Å². The maximum atomic E-state index is 13.0. The van der Waals surface area contributed by atoms with Crippen molar-refractivity contribution in [2.24, 2.45) is 0 Å². The molecule has 5 nitrogen and oxygen atoms in total. The van der Waals surface area contributed by atoms with Crippen LogP contribution in [0.25, 0.3) is 0 Å². The Bertz CT molecular complexity index is 578. The van der Waals surface area contributed by atoms with E-state index in [0.717, 1.165) is 30.6 Å². The number of pyridine rings is 1. The van der Waals surface area contributed by atoms with Crippen molar-refractivity contribution in [1.29, 1.82) is 0 Å². The second-order valence-electron chi connectivity index (χ2n) is 5.69. The molecule has 2 amide bonds. The van der Waals surface area contributed by atoms with Crippen LogP contribution in [0.5, 0.6) is 0 Å². The van der Waals surface area contributed by atoms with Gasteiger partial charge in [0.25, 0.3) is 5.91 Å². The van der Waals surface area contributed by atoms with Gasteiger partial charge >= 0.3 is 0 Å². The molecule has 22 heavy (non-hydrogen) atoms. The van der Waals surface area contributed by atoms with Crippen LogP contribution in [0.2, 0.25) is 0 Å². The second-order valence-corrected chi connectivity index (χ2v) is 6.69. The van der Waals surface area contributed by atoms with Gasteiger partial charge in [0.2, 0.25) is 5.91 Å². The topological polar surface area (TPSA) is 53.5 Å². The third-order valence-corrected chi connectivity index (χ3v) is 5.18. The molecule has 1 atom stereocenters. The van der Waals surface area contributed by atoms with Crippen molar-refractivity contribution in [3.05, 3.63) is 24.0 Å². The van der Waals surface area contributed by atoms with Gasteiger partial charge in [-0.3, -0.25) is 14.6 Å². The van der Waals surface area contributed by atoms with Gasteiger partial charge in [0.15, 0.2) is 0 Å². The van der Waals surface area contributed by atoms with Gasteiger partial charge in [-0.1, -0.05) is 6.92 Å². The van der Waals surface area contributed by atoms with Crippen molar-refractivity contribution in [2.45, 2.75) is 38.6 Å². The molecule has 6 heteroatoms. The Morgan fingerprint density at radius 3 is 3.14 bits per heavy atom. The SMILES string of the molecule is CCCC(=O)N1CSCC1C(=O)N1CCCc2ncccc21. The zero-order chi connectivity index (χ0) is 15.5. The standard InChI is InChI=1S/C16H21N3O2S/c1-2-5-15(20)19-11-22-10-14(19)16(21)18-9-4-6-12-13(18)7-3-8-17-12/h3,7-8,14H,2,4-6,9-11H2,1H3. The van der Waals surface area contributed by atoms with Gasteiger partial charge in [0, 0.05) is 24.9 Å². The zero-order valence-electron chi connectivity index (χ0n) is 12.8. The fraction of sp³-hybridized carbons (Fsp3) is 0.562. The number of fused-ring (bicyclic) bond motifs is 1. The number of anilines is 1. The molecular formula is C16H21N3O2S.